The molecule has 41 heavy (non-hydrogen) atoms. The van der Waals surface area contributed by atoms with Crippen molar-refractivity contribution in [3.8, 4) is 5.75 Å². The van der Waals surface area contributed by atoms with Crippen LogP contribution in [0.25, 0.3) is 0 Å². The van der Waals surface area contributed by atoms with Gasteiger partial charge in [0.25, 0.3) is 21.8 Å². The molecule has 0 bridgehead atoms. The Morgan fingerprint density at radius 2 is 1.51 bits per heavy atom. The van der Waals surface area contributed by atoms with Gasteiger partial charge in [-0.3, -0.25) is 13.9 Å². The van der Waals surface area contributed by atoms with Gasteiger partial charge >= 0.3 is 0 Å². The first kappa shape index (κ1) is 29.6. The minimum Gasteiger partial charge on any atom is -0.484 e. The molecule has 0 saturated heterocycles. The summed E-state index contributed by atoms with van der Waals surface area (Å²) in [5, 5.41) is 7.45. The van der Waals surface area contributed by atoms with Crippen molar-refractivity contribution < 1.29 is 22.7 Å². The Bertz CT molecular complexity index is 1650. The smallest absolute Gasteiger partial charge is 0.264 e. The van der Waals surface area contributed by atoms with Crippen molar-refractivity contribution in [2.75, 3.05) is 22.8 Å². The molecule has 9 nitrogen and oxygen atoms in total. The largest absolute Gasteiger partial charge is 0.484 e. The van der Waals surface area contributed by atoms with Gasteiger partial charge in [-0.2, -0.15) is 5.10 Å². The fraction of sp³-hybridized carbons (Fsp3) is 0.0690. The number of carbonyl (C=O) groups is 2. The molecule has 0 aliphatic rings. The first-order chi connectivity index (χ1) is 19.7. The summed E-state index contributed by atoms with van der Waals surface area (Å²) < 4.78 is 33.1. The van der Waals surface area contributed by atoms with Crippen LogP contribution in [-0.4, -0.2) is 39.6 Å². The summed E-state index contributed by atoms with van der Waals surface area (Å²) >= 11 is 12.0. The van der Waals surface area contributed by atoms with E-state index in [0.29, 0.717) is 27.0 Å². The zero-order chi connectivity index (χ0) is 29.2. The normalized spacial score (nSPS) is 11.2. The van der Waals surface area contributed by atoms with Crippen LogP contribution in [0.4, 0.5) is 11.4 Å². The van der Waals surface area contributed by atoms with E-state index in [4.69, 9.17) is 27.9 Å². The molecular formula is C29H24Cl2N4O5S. The Labute approximate surface area is 247 Å². The van der Waals surface area contributed by atoms with Gasteiger partial charge in [0, 0.05) is 15.7 Å². The standard InChI is InChI=1S/C29H24Cl2N4O5S/c30-22-6-4-8-24(16-22)33-29(37)20-40-26-14-12-21(13-15-26)18-32-34-28(36)19-35(25-9-5-7-23(31)17-25)41(38,39)27-10-2-1-3-11-27/h1-18H,19-20H2,(H,33,37)(H,34,36)/b32-18-. The fourth-order valence-corrected chi connectivity index (χ4v) is 5.38. The van der Waals surface area contributed by atoms with Crippen molar-refractivity contribution in [1.82, 2.24) is 5.43 Å². The average molecular weight is 612 g/mol. The highest BCUT2D eigenvalue weighted by atomic mass is 35.5. The van der Waals surface area contributed by atoms with E-state index in [2.05, 4.69) is 15.8 Å². The lowest BCUT2D eigenvalue weighted by atomic mass is 10.2. The molecule has 0 saturated carbocycles. The zero-order valence-corrected chi connectivity index (χ0v) is 23.7. The highest BCUT2D eigenvalue weighted by Crippen LogP contribution is 2.26. The molecule has 0 fully saturated rings. The van der Waals surface area contributed by atoms with Crippen molar-refractivity contribution >= 4 is 62.6 Å². The number of ether oxygens (including phenoxy) is 1. The van der Waals surface area contributed by atoms with E-state index in [1.165, 1.54) is 24.4 Å². The number of sulfonamides is 1. The predicted molar refractivity (Wildman–Crippen MR) is 160 cm³/mol. The van der Waals surface area contributed by atoms with E-state index in [9.17, 15) is 18.0 Å². The predicted octanol–water partition coefficient (Wildman–Crippen LogP) is 5.36. The topological polar surface area (TPSA) is 117 Å². The third kappa shape index (κ3) is 8.55. The SMILES string of the molecule is O=C(CN(c1cccc(Cl)c1)S(=O)(=O)c1ccccc1)N/N=C\c1ccc(OCC(=O)Nc2cccc(Cl)c2)cc1. The summed E-state index contributed by atoms with van der Waals surface area (Å²) in [6.45, 7) is -0.732. The van der Waals surface area contributed by atoms with Crippen molar-refractivity contribution in [3.05, 3.63) is 119 Å². The van der Waals surface area contributed by atoms with Gasteiger partial charge in [0.1, 0.15) is 12.3 Å². The lowest BCUT2D eigenvalue weighted by Crippen LogP contribution is -2.39. The molecule has 4 rings (SSSR count). The number of nitrogens with zero attached hydrogens (tertiary/aromatic N) is 2. The second-order valence-electron chi connectivity index (χ2n) is 8.51. The molecule has 0 aliphatic heterocycles. The van der Waals surface area contributed by atoms with Gasteiger partial charge < -0.3 is 10.1 Å². The first-order valence-corrected chi connectivity index (χ1v) is 14.3. The molecule has 0 aromatic heterocycles. The Kier molecular flexibility index (Phi) is 9.96. The molecule has 2 N–H and O–H groups in total. The van der Waals surface area contributed by atoms with E-state index < -0.39 is 22.5 Å². The van der Waals surface area contributed by atoms with Crippen molar-refractivity contribution in [3.63, 3.8) is 0 Å². The van der Waals surface area contributed by atoms with Crippen LogP contribution in [0.5, 0.6) is 5.75 Å². The zero-order valence-electron chi connectivity index (χ0n) is 21.4. The Balaban J connectivity index is 1.34. The molecule has 0 atom stereocenters. The number of hydrogen-bond acceptors (Lipinski definition) is 6. The number of rotatable bonds is 11. The van der Waals surface area contributed by atoms with Crippen molar-refractivity contribution in [2.45, 2.75) is 4.90 Å². The molecule has 0 radical (unpaired) electrons. The lowest BCUT2D eigenvalue weighted by Gasteiger charge is -2.23. The number of benzene rings is 4. The van der Waals surface area contributed by atoms with Crippen LogP contribution in [0, 0.1) is 0 Å². The fourth-order valence-electron chi connectivity index (χ4n) is 3.57. The van der Waals surface area contributed by atoms with E-state index in [-0.39, 0.29) is 23.1 Å². The number of carbonyl (C=O) groups excluding carboxylic acids is 2. The molecule has 12 heteroatoms. The first-order valence-electron chi connectivity index (χ1n) is 12.1. The van der Waals surface area contributed by atoms with Gasteiger partial charge in [0.05, 0.1) is 16.8 Å². The third-order valence-electron chi connectivity index (χ3n) is 5.48. The van der Waals surface area contributed by atoms with Crippen LogP contribution in [0.2, 0.25) is 10.0 Å². The summed E-state index contributed by atoms with van der Waals surface area (Å²) in [5.41, 5.74) is 3.78. The number of hydrazone groups is 1. The summed E-state index contributed by atoms with van der Waals surface area (Å²) in [4.78, 5) is 24.8. The van der Waals surface area contributed by atoms with Crippen LogP contribution in [-0.2, 0) is 19.6 Å². The quantitative estimate of drug-likeness (QED) is 0.175. The maximum atomic E-state index is 13.3. The maximum Gasteiger partial charge on any atom is 0.264 e. The number of anilines is 2. The number of halogens is 2. The molecule has 2 amide bonds. The Morgan fingerprint density at radius 1 is 0.829 bits per heavy atom. The van der Waals surface area contributed by atoms with Gasteiger partial charge in [0.2, 0.25) is 0 Å². The van der Waals surface area contributed by atoms with E-state index in [0.717, 1.165) is 4.31 Å². The molecule has 0 heterocycles. The molecule has 0 aliphatic carbocycles. The van der Waals surface area contributed by atoms with E-state index in [1.807, 2.05) is 0 Å². The Morgan fingerprint density at radius 3 is 2.20 bits per heavy atom. The molecule has 0 unspecified atom stereocenters. The summed E-state index contributed by atoms with van der Waals surface area (Å²) in [7, 11) is -4.07. The average Bonchev–Trinajstić information content (AvgIpc) is 2.96. The van der Waals surface area contributed by atoms with Crippen LogP contribution in [0.15, 0.2) is 113 Å². The second-order valence-corrected chi connectivity index (χ2v) is 11.2. The third-order valence-corrected chi connectivity index (χ3v) is 7.73. The van der Waals surface area contributed by atoms with Gasteiger partial charge in [-0.25, -0.2) is 13.8 Å². The summed E-state index contributed by atoms with van der Waals surface area (Å²) in [5.74, 6) is -0.552. The van der Waals surface area contributed by atoms with Crippen molar-refractivity contribution in [2.24, 2.45) is 5.10 Å². The Hall–Kier alpha value is -4.38. The highest BCUT2D eigenvalue weighted by Gasteiger charge is 2.27. The van der Waals surface area contributed by atoms with Gasteiger partial charge in [-0.05, 0) is 78.4 Å². The highest BCUT2D eigenvalue weighted by molar-refractivity contribution is 7.92. The second kappa shape index (κ2) is 13.8. The van der Waals surface area contributed by atoms with Crippen molar-refractivity contribution in [1.29, 1.82) is 0 Å². The summed E-state index contributed by atoms with van der Waals surface area (Å²) in [6, 6.07) is 27.4. The van der Waals surface area contributed by atoms with Gasteiger partial charge in [-0.1, -0.05) is 53.5 Å². The van der Waals surface area contributed by atoms with Gasteiger partial charge in [-0.15, -0.1) is 0 Å². The van der Waals surface area contributed by atoms with Crippen LogP contribution < -0.4 is 19.8 Å². The van der Waals surface area contributed by atoms with E-state index in [1.54, 1.807) is 84.9 Å². The lowest BCUT2D eigenvalue weighted by molar-refractivity contribution is -0.119. The van der Waals surface area contributed by atoms with Crippen LogP contribution in [0.3, 0.4) is 0 Å². The molecule has 210 valence electrons. The molecule has 4 aromatic carbocycles. The van der Waals surface area contributed by atoms with Gasteiger partial charge in [0.15, 0.2) is 6.61 Å². The number of amides is 2. The molecule has 4 aromatic rings. The van der Waals surface area contributed by atoms with E-state index >= 15 is 0 Å². The van der Waals surface area contributed by atoms with Crippen LogP contribution in [0.1, 0.15) is 5.56 Å². The molecular weight excluding hydrogens is 587 g/mol. The van der Waals surface area contributed by atoms with Crippen LogP contribution >= 0.6 is 23.2 Å². The molecule has 0 spiro atoms. The summed E-state index contributed by atoms with van der Waals surface area (Å²) in [6.07, 6.45) is 1.39. The minimum absolute atomic E-state index is 0.0283. The number of hydrogen-bond donors (Lipinski definition) is 2. The minimum atomic E-state index is -4.07. The maximum absolute atomic E-state index is 13.3. The monoisotopic (exact) mass is 610 g/mol. The number of nitrogens with one attached hydrogen (secondary N) is 2.